The van der Waals surface area contributed by atoms with E-state index in [2.05, 4.69) is 89.5 Å². The molecule has 0 aliphatic heterocycles. The SMILES string of the molecule is N#Cc1ccc2c(c1)sc1cc(-c3ccccc3-n3c4ccccc4c4c(N)cccc43)ccc12. The first-order chi connectivity index (χ1) is 17.2. The zero-order valence-electron chi connectivity index (χ0n) is 18.7. The van der Waals surface area contributed by atoms with E-state index >= 15 is 0 Å². The van der Waals surface area contributed by atoms with Gasteiger partial charge in [0.1, 0.15) is 0 Å². The van der Waals surface area contributed by atoms with E-state index in [1.165, 1.54) is 15.5 Å². The van der Waals surface area contributed by atoms with Crippen LogP contribution in [-0.2, 0) is 0 Å². The number of hydrogen-bond acceptors (Lipinski definition) is 3. The van der Waals surface area contributed by atoms with Crippen molar-refractivity contribution in [3.63, 3.8) is 0 Å². The third-order valence-electron chi connectivity index (χ3n) is 6.79. The summed E-state index contributed by atoms with van der Waals surface area (Å²) in [6, 6.07) is 38.0. The molecule has 7 rings (SSSR count). The summed E-state index contributed by atoms with van der Waals surface area (Å²) in [6.45, 7) is 0. The number of nitrogen functional groups attached to an aromatic ring is 1. The third kappa shape index (κ3) is 2.89. The summed E-state index contributed by atoms with van der Waals surface area (Å²) in [5.74, 6) is 0. The van der Waals surface area contributed by atoms with Crippen molar-refractivity contribution in [3.05, 3.63) is 109 Å². The van der Waals surface area contributed by atoms with Crippen LogP contribution < -0.4 is 5.73 Å². The van der Waals surface area contributed by atoms with Gasteiger partial charge >= 0.3 is 0 Å². The van der Waals surface area contributed by atoms with Gasteiger partial charge < -0.3 is 10.3 Å². The number of nitriles is 1. The highest BCUT2D eigenvalue weighted by Crippen LogP contribution is 2.40. The van der Waals surface area contributed by atoms with Gasteiger partial charge in [-0.2, -0.15) is 5.26 Å². The van der Waals surface area contributed by atoms with Gasteiger partial charge in [0.2, 0.25) is 0 Å². The maximum Gasteiger partial charge on any atom is 0.0992 e. The summed E-state index contributed by atoms with van der Waals surface area (Å²) < 4.78 is 4.68. The Morgan fingerprint density at radius 2 is 1.43 bits per heavy atom. The van der Waals surface area contributed by atoms with Crippen LogP contribution in [0.3, 0.4) is 0 Å². The smallest absolute Gasteiger partial charge is 0.0992 e. The lowest BCUT2D eigenvalue weighted by Crippen LogP contribution is -1.97. The molecule has 0 saturated heterocycles. The topological polar surface area (TPSA) is 54.7 Å². The maximum absolute atomic E-state index is 9.30. The number of nitrogens with zero attached hydrogens (tertiary/aromatic N) is 2. The fourth-order valence-electron chi connectivity index (χ4n) is 5.23. The van der Waals surface area contributed by atoms with Gasteiger partial charge in [-0.1, -0.05) is 60.7 Å². The number of para-hydroxylation sites is 2. The molecular weight excluding hydrogens is 446 g/mol. The van der Waals surface area contributed by atoms with E-state index in [0.29, 0.717) is 5.56 Å². The fourth-order valence-corrected chi connectivity index (χ4v) is 6.42. The summed E-state index contributed by atoms with van der Waals surface area (Å²) in [7, 11) is 0. The molecule has 0 bridgehead atoms. The first-order valence-electron chi connectivity index (χ1n) is 11.5. The lowest BCUT2D eigenvalue weighted by atomic mass is 10.0. The molecule has 2 heterocycles. The molecule has 0 aliphatic rings. The summed E-state index contributed by atoms with van der Waals surface area (Å²) >= 11 is 1.74. The number of fused-ring (bicyclic) bond motifs is 6. The molecule has 0 saturated carbocycles. The molecule has 3 nitrogen and oxygen atoms in total. The van der Waals surface area contributed by atoms with Crippen molar-refractivity contribution in [1.82, 2.24) is 4.57 Å². The Kier molecular flexibility index (Phi) is 4.23. The van der Waals surface area contributed by atoms with E-state index in [1.54, 1.807) is 11.3 Å². The Morgan fingerprint density at radius 1 is 0.686 bits per heavy atom. The number of hydrogen-bond donors (Lipinski definition) is 1. The van der Waals surface area contributed by atoms with Gasteiger partial charge in [0, 0.05) is 42.2 Å². The molecule has 0 amide bonds. The predicted molar refractivity (Wildman–Crippen MR) is 148 cm³/mol. The van der Waals surface area contributed by atoms with Crippen LogP contribution in [0.5, 0.6) is 0 Å². The van der Waals surface area contributed by atoms with Crippen molar-refractivity contribution in [2.24, 2.45) is 0 Å². The van der Waals surface area contributed by atoms with Crippen molar-refractivity contribution in [2.75, 3.05) is 5.73 Å². The summed E-state index contributed by atoms with van der Waals surface area (Å²) in [5, 5.41) is 14.0. The quantitative estimate of drug-likeness (QED) is 0.261. The van der Waals surface area contributed by atoms with E-state index in [1.807, 2.05) is 24.3 Å². The van der Waals surface area contributed by atoms with Crippen LogP contribution in [0.4, 0.5) is 5.69 Å². The Hall–Kier alpha value is -4.59. The monoisotopic (exact) mass is 465 g/mol. The van der Waals surface area contributed by atoms with Crippen LogP contribution in [0.2, 0.25) is 0 Å². The second-order valence-electron chi connectivity index (χ2n) is 8.75. The predicted octanol–water partition coefficient (Wildman–Crippen LogP) is 8.27. The van der Waals surface area contributed by atoms with Gasteiger partial charge in [-0.05, 0) is 48.0 Å². The maximum atomic E-state index is 9.30. The molecule has 0 unspecified atom stereocenters. The molecule has 0 radical (unpaired) electrons. The Balaban J connectivity index is 1.50. The average molecular weight is 466 g/mol. The number of nitrogens with two attached hydrogens (primary N) is 1. The van der Waals surface area contributed by atoms with Gasteiger partial charge in [0.25, 0.3) is 0 Å². The highest BCUT2D eigenvalue weighted by Gasteiger charge is 2.17. The lowest BCUT2D eigenvalue weighted by molar-refractivity contribution is 1.18. The minimum atomic E-state index is 0.695. The average Bonchev–Trinajstić information content (AvgIpc) is 3.43. The summed E-state index contributed by atoms with van der Waals surface area (Å²) in [6.07, 6.45) is 0. The first-order valence-corrected chi connectivity index (χ1v) is 12.3. The van der Waals surface area contributed by atoms with E-state index in [9.17, 15) is 5.26 Å². The third-order valence-corrected chi connectivity index (χ3v) is 7.90. The van der Waals surface area contributed by atoms with Crippen LogP contribution in [0.15, 0.2) is 103 Å². The van der Waals surface area contributed by atoms with E-state index in [0.717, 1.165) is 49.0 Å². The van der Waals surface area contributed by atoms with Crippen LogP contribution in [-0.4, -0.2) is 4.57 Å². The lowest BCUT2D eigenvalue weighted by Gasteiger charge is -2.14. The van der Waals surface area contributed by atoms with Crippen LogP contribution in [0, 0.1) is 11.3 Å². The molecule has 35 heavy (non-hydrogen) atoms. The van der Waals surface area contributed by atoms with Crippen molar-refractivity contribution < 1.29 is 0 Å². The molecule has 2 aromatic heterocycles. The molecule has 2 N–H and O–H groups in total. The Labute approximate surface area is 205 Å². The number of aromatic nitrogens is 1. The standard InChI is InChI=1S/C31H19N3S/c32-18-19-12-14-22-23-15-13-20(17-30(23)35-29(22)16-19)21-6-1-3-9-26(21)34-27-10-4-2-7-24(27)31-25(33)8-5-11-28(31)34/h1-17H,33H2. The van der Waals surface area contributed by atoms with Gasteiger partial charge in [0.15, 0.2) is 0 Å². The molecule has 7 aromatic rings. The first kappa shape index (κ1) is 19.8. The second kappa shape index (κ2) is 7.46. The number of thiophene rings is 1. The minimum Gasteiger partial charge on any atom is -0.398 e. The number of anilines is 1. The fraction of sp³-hybridized carbons (Fsp3) is 0. The Morgan fingerprint density at radius 3 is 2.31 bits per heavy atom. The summed E-state index contributed by atoms with van der Waals surface area (Å²) in [4.78, 5) is 0. The van der Waals surface area contributed by atoms with Crippen molar-refractivity contribution in [3.8, 4) is 22.9 Å². The highest BCUT2D eigenvalue weighted by molar-refractivity contribution is 7.25. The van der Waals surface area contributed by atoms with Crippen molar-refractivity contribution in [2.45, 2.75) is 0 Å². The number of benzene rings is 5. The molecule has 5 aromatic carbocycles. The van der Waals surface area contributed by atoms with Gasteiger partial charge in [-0.3, -0.25) is 0 Å². The minimum absolute atomic E-state index is 0.695. The van der Waals surface area contributed by atoms with E-state index in [4.69, 9.17) is 5.73 Å². The molecule has 0 aliphatic carbocycles. The van der Waals surface area contributed by atoms with Crippen LogP contribution >= 0.6 is 11.3 Å². The van der Waals surface area contributed by atoms with Crippen LogP contribution in [0.1, 0.15) is 5.56 Å². The second-order valence-corrected chi connectivity index (χ2v) is 9.83. The zero-order valence-corrected chi connectivity index (χ0v) is 19.5. The highest BCUT2D eigenvalue weighted by atomic mass is 32.1. The van der Waals surface area contributed by atoms with Crippen LogP contribution in [0.25, 0.3) is 58.8 Å². The molecule has 164 valence electrons. The summed E-state index contributed by atoms with van der Waals surface area (Å²) in [5.41, 5.74) is 13.6. The zero-order chi connectivity index (χ0) is 23.5. The van der Waals surface area contributed by atoms with Gasteiger partial charge in [-0.15, -0.1) is 11.3 Å². The molecule has 0 spiro atoms. The van der Waals surface area contributed by atoms with Crippen molar-refractivity contribution >= 4 is 59.0 Å². The largest absolute Gasteiger partial charge is 0.398 e. The Bertz CT molecular complexity index is 1980. The van der Waals surface area contributed by atoms with E-state index in [-0.39, 0.29) is 0 Å². The normalized spacial score (nSPS) is 11.5. The molecule has 0 atom stereocenters. The van der Waals surface area contributed by atoms with Gasteiger partial charge in [-0.25, -0.2) is 0 Å². The number of rotatable bonds is 2. The van der Waals surface area contributed by atoms with Crippen molar-refractivity contribution in [1.29, 1.82) is 5.26 Å². The molecule has 4 heteroatoms. The molecule has 0 fully saturated rings. The van der Waals surface area contributed by atoms with Gasteiger partial charge in [0.05, 0.1) is 28.4 Å². The molecular formula is C31H19N3S. The van der Waals surface area contributed by atoms with E-state index < -0.39 is 0 Å².